The lowest BCUT2D eigenvalue weighted by atomic mass is 10.1. The van der Waals surface area contributed by atoms with Crippen LogP contribution in [-0.2, 0) is 6.54 Å². The summed E-state index contributed by atoms with van der Waals surface area (Å²) < 4.78 is 0. The molecule has 0 amide bonds. The van der Waals surface area contributed by atoms with E-state index < -0.39 is 0 Å². The van der Waals surface area contributed by atoms with Gasteiger partial charge in [-0.1, -0.05) is 0 Å². The summed E-state index contributed by atoms with van der Waals surface area (Å²) in [5.41, 5.74) is 1.34. The van der Waals surface area contributed by atoms with Gasteiger partial charge in [-0.25, -0.2) is 0 Å². The highest BCUT2D eigenvalue weighted by Crippen LogP contribution is 1.99. The number of nitrogens with zero attached hydrogens (tertiary/aromatic N) is 2. The molecule has 0 radical (unpaired) electrons. The summed E-state index contributed by atoms with van der Waals surface area (Å²) >= 11 is 0. The smallest absolute Gasteiger partial charge is 0.0541 e. The van der Waals surface area contributed by atoms with E-state index in [0.717, 1.165) is 18.7 Å². The van der Waals surface area contributed by atoms with Gasteiger partial charge in [-0.15, -0.1) is 0 Å². The molecular formula is C12H22N4. The van der Waals surface area contributed by atoms with Gasteiger partial charge in [-0.2, -0.15) is 10.2 Å². The first-order valence-corrected chi connectivity index (χ1v) is 5.71. The first kappa shape index (κ1) is 13.1. The van der Waals surface area contributed by atoms with Gasteiger partial charge in [-0.05, 0) is 39.3 Å². The summed E-state index contributed by atoms with van der Waals surface area (Å²) in [4.78, 5) is 0. The number of hydrogen-bond acceptors (Lipinski definition) is 4. The van der Waals surface area contributed by atoms with E-state index in [2.05, 4.69) is 48.5 Å². The van der Waals surface area contributed by atoms with Gasteiger partial charge in [0, 0.05) is 30.9 Å². The van der Waals surface area contributed by atoms with Crippen molar-refractivity contribution >= 4 is 0 Å². The molecule has 1 aromatic heterocycles. The third-order valence-corrected chi connectivity index (χ3v) is 2.24. The lowest BCUT2D eigenvalue weighted by Crippen LogP contribution is -2.44. The first-order chi connectivity index (χ1) is 7.47. The highest BCUT2D eigenvalue weighted by molar-refractivity contribution is 5.04. The molecule has 0 aromatic carbocycles. The standard InChI is InChI=1S/C12H22N4/c1-10(7-14-12(2,3)4)13-8-11-5-6-15-16-9-11/h5-6,9-10,13-14H,7-8H2,1-4H3. The lowest BCUT2D eigenvalue weighted by molar-refractivity contribution is 0.387. The fourth-order valence-electron chi connectivity index (χ4n) is 1.25. The van der Waals surface area contributed by atoms with Crippen LogP contribution in [0.15, 0.2) is 18.5 Å². The molecule has 1 unspecified atom stereocenters. The number of aromatic nitrogens is 2. The van der Waals surface area contributed by atoms with Crippen molar-refractivity contribution in [3.8, 4) is 0 Å². The van der Waals surface area contributed by atoms with Crippen LogP contribution in [0.3, 0.4) is 0 Å². The van der Waals surface area contributed by atoms with Crippen LogP contribution in [0.4, 0.5) is 0 Å². The summed E-state index contributed by atoms with van der Waals surface area (Å²) in [6.45, 7) is 10.5. The zero-order valence-corrected chi connectivity index (χ0v) is 10.6. The van der Waals surface area contributed by atoms with E-state index in [4.69, 9.17) is 0 Å². The van der Waals surface area contributed by atoms with Crippen molar-refractivity contribution in [1.29, 1.82) is 0 Å². The average Bonchev–Trinajstić information content (AvgIpc) is 2.24. The molecule has 90 valence electrons. The second kappa shape index (κ2) is 5.92. The number of rotatable bonds is 5. The van der Waals surface area contributed by atoms with Gasteiger partial charge in [0.15, 0.2) is 0 Å². The van der Waals surface area contributed by atoms with E-state index >= 15 is 0 Å². The second-order valence-corrected chi connectivity index (χ2v) is 5.16. The molecular weight excluding hydrogens is 200 g/mol. The van der Waals surface area contributed by atoms with Crippen molar-refractivity contribution in [2.24, 2.45) is 0 Å². The molecule has 0 aliphatic heterocycles. The molecule has 4 nitrogen and oxygen atoms in total. The summed E-state index contributed by atoms with van der Waals surface area (Å²) in [5, 5.41) is 14.5. The Morgan fingerprint density at radius 1 is 1.31 bits per heavy atom. The molecule has 1 atom stereocenters. The van der Waals surface area contributed by atoms with Crippen LogP contribution >= 0.6 is 0 Å². The van der Waals surface area contributed by atoms with Crippen LogP contribution in [0.25, 0.3) is 0 Å². The van der Waals surface area contributed by atoms with Crippen molar-refractivity contribution in [2.75, 3.05) is 6.54 Å². The molecule has 0 saturated carbocycles. The lowest BCUT2D eigenvalue weighted by Gasteiger charge is -2.24. The van der Waals surface area contributed by atoms with Crippen LogP contribution in [0, 0.1) is 0 Å². The average molecular weight is 222 g/mol. The van der Waals surface area contributed by atoms with E-state index in [0.29, 0.717) is 6.04 Å². The maximum Gasteiger partial charge on any atom is 0.0541 e. The Morgan fingerprint density at radius 3 is 2.62 bits per heavy atom. The van der Waals surface area contributed by atoms with Crippen molar-refractivity contribution in [2.45, 2.75) is 45.8 Å². The summed E-state index contributed by atoms with van der Waals surface area (Å²) in [7, 11) is 0. The van der Waals surface area contributed by atoms with Gasteiger partial charge in [0.25, 0.3) is 0 Å². The van der Waals surface area contributed by atoms with E-state index in [1.807, 2.05) is 6.07 Å². The van der Waals surface area contributed by atoms with Crippen LogP contribution in [0.2, 0.25) is 0 Å². The van der Waals surface area contributed by atoms with Crippen molar-refractivity contribution < 1.29 is 0 Å². The Hall–Kier alpha value is -1.00. The Labute approximate surface area is 97.9 Å². The molecule has 0 aliphatic rings. The number of hydrogen-bond donors (Lipinski definition) is 2. The molecule has 2 N–H and O–H groups in total. The van der Waals surface area contributed by atoms with Gasteiger partial charge >= 0.3 is 0 Å². The molecule has 1 heterocycles. The predicted octanol–water partition coefficient (Wildman–Crippen LogP) is 1.34. The highest BCUT2D eigenvalue weighted by atomic mass is 15.1. The maximum atomic E-state index is 3.84. The van der Waals surface area contributed by atoms with E-state index in [1.165, 1.54) is 0 Å². The molecule has 16 heavy (non-hydrogen) atoms. The van der Waals surface area contributed by atoms with Gasteiger partial charge in [0.1, 0.15) is 0 Å². The van der Waals surface area contributed by atoms with Crippen LogP contribution in [0.1, 0.15) is 33.3 Å². The zero-order valence-electron chi connectivity index (χ0n) is 10.6. The molecule has 0 saturated heterocycles. The normalized spacial score (nSPS) is 13.8. The fourth-order valence-corrected chi connectivity index (χ4v) is 1.25. The quantitative estimate of drug-likeness (QED) is 0.789. The van der Waals surface area contributed by atoms with E-state index in [1.54, 1.807) is 12.4 Å². The van der Waals surface area contributed by atoms with Crippen LogP contribution in [0.5, 0.6) is 0 Å². The largest absolute Gasteiger partial charge is 0.311 e. The third kappa shape index (κ3) is 5.78. The minimum Gasteiger partial charge on any atom is -0.311 e. The van der Waals surface area contributed by atoms with E-state index in [9.17, 15) is 0 Å². The maximum absolute atomic E-state index is 3.84. The Bertz CT molecular complexity index is 292. The monoisotopic (exact) mass is 222 g/mol. The molecule has 0 spiro atoms. The Morgan fingerprint density at radius 2 is 2.06 bits per heavy atom. The molecule has 0 aliphatic carbocycles. The van der Waals surface area contributed by atoms with Crippen LogP contribution < -0.4 is 10.6 Å². The Balaban J connectivity index is 2.23. The highest BCUT2D eigenvalue weighted by Gasteiger charge is 2.10. The van der Waals surface area contributed by atoms with Crippen molar-refractivity contribution in [3.63, 3.8) is 0 Å². The number of nitrogens with one attached hydrogen (secondary N) is 2. The molecule has 1 aromatic rings. The van der Waals surface area contributed by atoms with Gasteiger partial charge in [0.2, 0.25) is 0 Å². The van der Waals surface area contributed by atoms with Gasteiger partial charge in [0.05, 0.1) is 6.20 Å². The SMILES string of the molecule is CC(CNC(C)(C)C)NCc1ccnnc1. The van der Waals surface area contributed by atoms with Crippen molar-refractivity contribution in [3.05, 3.63) is 24.0 Å². The van der Waals surface area contributed by atoms with Gasteiger partial charge < -0.3 is 10.6 Å². The van der Waals surface area contributed by atoms with Crippen molar-refractivity contribution in [1.82, 2.24) is 20.8 Å². The topological polar surface area (TPSA) is 49.8 Å². The fraction of sp³-hybridized carbons (Fsp3) is 0.667. The van der Waals surface area contributed by atoms with E-state index in [-0.39, 0.29) is 5.54 Å². The minimum absolute atomic E-state index is 0.175. The summed E-state index contributed by atoms with van der Waals surface area (Å²) in [6.07, 6.45) is 3.51. The molecule has 4 heteroatoms. The van der Waals surface area contributed by atoms with Crippen LogP contribution in [-0.4, -0.2) is 28.3 Å². The second-order valence-electron chi connectivity index (χ2n) is 5.16. The third-order valence-electron chi connectivity index (χ3n) is 2.24. The summed E-state index contributed by atoms with van der Waals surface area (Å²) in [5.74, 6) is 0. The molecule has 1 rings (SSSR count). The Kier molecular flexibility index (Phi) is 4.83. The predicted molar refractivity (Wildman–Crippen MR) is 66.1 cm³/mol. The molecule has 0 fully saturated rings. The van der Waals surface area contributed by atoms with Gasteiger partial charge in [-0.3, -0.25) is 0 Å². The molecule has 0 bridgehead atoms. The minimum atomic E-state index is 0.175. The summed E-state index contributed by atoms with van der Waals surface area (Å²) in [6, 6.07) is 2.41. The first-order valence-electron chi connectivity index (χ1n) is 5.71. The zero-order chi connectivity index (χ0) is 12.0.